The molecule has 7 nitrogen and oxygen atoms in total. The number of thioether (sulfide) groups is 1. The van der Waals surface area contributed by atoms with Crippen LogP contribution in [0.3, 0.4) is 0 Å². The molecule has 2 aliphatic rings. The summed E-state index contributed by atoms with van der Waals surface area (Å²) in [5, 5.41) is 18.8. The van der Waals surface area contributed by atoms with Crippen molar-refractivity contribution in [3.05, 3.63) is 5.01 Å². The van der Waals surface area contributed by atoms with Crippen molar-refractivity contribution in [2.75, 3.05) is 11.1 Å². The SMILES string of the molecule is CC(C)c1nnc(NC(=O)CCCC[C@H]2SC[C@@H]3NC(=O)N[C@H]32)s1. The number of rotatable bonds is 7. The standard InChI is InChI=1S/C15H23N5O2S2/c1-8(2)13-19-20-15(24-13)17-11(21)6-4-3-5-10-12-9(7-23-10)16-14(22)18-12/h8-10,12H,3-7H2,1-2H3,(H2,16,18,22)(H,17,20,21)/t9-,10+,12+/m0/s1. The molecule has 9 heteroatoms. The van der Waals surface area contributed by atoms with Gasteiger partial charge >= 0.3 is 6.03 Å². The van der Waals surface area contributed by atoms with Crippen LogP contribution in [0, 0.1) is 0 Å². The van der Waals surface area contributed by atoms with E-state index in [4.69, 9.17) is 0 Å². The summed E-state index contributed by atoms with van der Waals surface area (Å²) >= 11 is 3.34. The number of hydrogen-bond donors (Lipinski definition) is 3. The van der Waals surface area contributed by atoms with E-state index in [0.29, 0.717) is 22.7 Å². The molecule has 3 rings (SSSR count). The Hall–Kier alpha value is -1.35. The number of amides is 3. The lowest BCUT2D eigenvalue weighted by molar-refractivity contribution is -0.116. The molecule has 0 radical (unpaired) electrons. The topological polar surface area (TPSA) is 96.0 Å². The number of hydrogen-bond acceptors (Lipinski definition) is 6. The van der Waals surface area contributed by atoms with Crippen molar-refractivity contribution in [1.82, 2.24) is 20.8 Å². The lowest BCUT2D eigenvalue weighted by Crippen LogP contribution is -2.36. The molecule has 0 bridgehead atoms. The molecule has 1 aromatic rings. The summed E-state index contributed by atoms with van der Waals surface area (Å²) in [5.41, 5.74) is 0. The minimum absolute atomic E-state index is 0.00533. The Morgan fingerprint density at radius 3 is 2.92 bits per heavy atom. The first-order chi connectivity index (χ1) is 11.5. The first-order valence-corrected chi connectivity index (χ1v) is 10.2. The normalized spacial score (nSPS) is 25.5. The van der Waals surface area contributed by atoms with E-state index in [1.807, 2.05) is 11.8 Å². The Balaban J connectivity index is 1.34. The molecular weight excluding hydrogens is 346 g/mol. The first kappa shape index (κ1) is 17.5. The summed E-state index contributed by atoms with van der Waals surface area (Å²) in [6.07, 6.45) is 3.35. The predicted octanol–water partition coefficient (Wildman–Crippen LogP) is 2.33. The molecule has 0 spiro atoms. The average molecular weight is 370 g/mol. The third-order valence-electron chi connectivity index (χ3n) is 4.26. The van der Waals surface area contributed by atoms with E-state index < -0.39 is 0 Å². The summed E-state index contributed by atoms with van der Waals surface area (Å²) in [6, 6.07) is 0.461. The van der Waals surface area contributed by atoms with E-state index in [1.165, 1.54) is 11.3 Å². The second kappa shape index (κ2) is 7.69. The van der Waals surface area contributed by atoms with Crippen LogP contribution in [-0.4, -0.2) is 45.2 Å². The Bertz CT molecular complexity index is 606. The second-order valence-electron chi connectivity index (χ2n) is 6.52. The Labute approximate surface area is 149 Å². The molecule has 0 unspecified atom stereocenters. The van der Waals surface area contributed by atoms with Gasteiger partial charge in [-0.1, -0.05) is 31.6 Å². The molecule has 3 amide bonds. The number of unbranched alkanes of at least 4 members (excludes halogenated alkanes) is 1. The van der Waals surface area contributed by atoms with Gasteiger partial charge in [0.1, 0.15) is 5.01 Å². The zero-order valence-corrected chi connectivity index (χ0v) is 15.5. The molecule has 2 fully saturated rings. The van der Waals surface area contributed by atoms with Crippen LogP contribution in [0.1, 0.15) is 50.5 Å². The molecule has 3 N–H and O–H groups in total. The van der Waals surface area contributed by atoms with Crippen molar-refractivity contribution in [2.45, 2.75) is 62.8 Å². The van der Waals surface area contributed by atoms with E-state index in [-0.39, 0.29) is 24.0 Å². The highest BCUT2D eigenvalue weighted by Gasteiger charge is 2.42. The molecule has 24 heavy (non-hydrogen) atoms. The van der Waals surface area contributed by atoms with E-state index in [1.54, 1.807) is 0 Å². The van der Waals surface area contributed by atoms with Gasteiger partial charge < -0.3 is 16.0 Å². The Morgan fingerprint density at radius 1 is 1.33 bits per heavy atom. The van der Waals surface area contributed by atoms with Crippen molar-refractivity contribution in [3.8, 4) is 0 Å². The van der Waals surface area contributed by atoms with Crippen LogP contribution in [0.5, 0.6) is 0 Å². The van der Waals surface area contributed by atoms with Crippen LogP contribution >= 0.6 is 23.1 Å². The summed E-state index contributed by atoms with van der Waals surface area (Å²) in [7, 11) is 0. The van der Waals surface area contributed by atoms with Gasteiger partial charge in [-0.25, -0.2) is 4.79 Å². The third kappa shape index (κ3) is 4.18. The largest absolute Gasteiger partial charge is 0.332 e. The highest BCUT2D eigenvalue weighted by Crippen LogP contribution is 2.33. The number of fused-ring (bicyclic) bond motifs is 1. The molecule has 2 aliphatic heterocycles. The van der Waals surface area contributed by atoms with Gasteiger partial charge in [-0.15, -0.1) is 10.2 Å². The maximum Gasteiger partial charge on any atom is 0.315 e. The maximum absolute atomic E-state index is 12.0. The van der Waals surface area contributed by atoms with Gasteiger partial charge in [-0.05, 0) is 12.8 Å². The van der Waals surface area contributed by atoms with Crippen LogP contribution in [0.2, 0.25) is 0 Å². The number of anilines is 1. The van der Waals surface area contributed by atoms with Gasteiger partial charge in [0.05, 0.1) is 12.1 Å². The van der Waals surface area contributed by atoms with Gasteiger partial charge in [0.25, 0.3) is 0 Å². The fourth-order valence-electron chi connectivity index (χ4n) is 2.97. The summed E-state index contributed by atoms with van der Waals surface area (Å²) in [6.45, 7) is 4.11. The van der Waals surface area contributed by atoms with Crippen LogP contribution < -0.4 is 16.0 Å². The van der Waals surface area contributed by atoms with Gasteiger partial charge in [0, 0.05) is 23.3 Å². The van der Waals surface area contributed by atoms with Crippen LogP contribution in [-0.2, 0) is 4.79 Å². The molecule has 2 saturated heterocycles. The highest BCUT2D eigenvalue weighted by molar-refractivity contribution is 8.00. The number of nitrogens with one attached hydrogen (secondary N) is 3. The first-order valence-electron chi connectivity index (χ1n) is 8.35. The highest BCUT2D eigenvalue weighted by atomic mass is 32.2. The number of carbonyl (C=O) groups excluding carboxylic acids is 2. The van der Waals surface area contributed by atoms with Gasteiger partial charge in [-0.2, -0.15) is 11.8 Å². The second-order valence-corrected chi connectivity index (χ2v) is 8.80. The molecule has 0 aliphatic carbocycles. The molecule has 1 aromatic heterocycles. The molecular formula is C15H23N5O2S2. The zero-order valence-electron chi connectivity index (χ0n) is 13.9. The minimum atomic E-state index is -0.0486. The quantitative estimate of drug-likeness (QED) is 0.506. The van der Waals surface area contributed by atoms with Gasteiger partial charge in [-0.3, -0.25) is 4.79 Å². The summed E-state index contributed by atoms with van der Waals surface area (Å²) < 4.78 is 0. The van der Waals surface area contributed by atoms with Crippen molar-refractivity contribution in [1.29, 1.82) is 0 Å². The Morgan fingerprint density at radius 2 is 2.17 bits per heavy atom. The number of carbonyl (C=O) groups is 2. The number of nitrogens with zero attached hydrogens (tertiary/aromatic N) is 2. The molecule has 3 heterocycles. The third-order valence-corrected chi connectivity index (χ3v) is 6.91. The summed E-state index contributed by atoms with van der Waals surface area (Å²) in [5.74, 6) is 1.30. The molecule has 3 atom stereocenters. The predicted molar refractivity (Wildman–Crippen MR) is 96.6 cm³/mol. The lowest BCUT2D eigenvalue weighted by Gasteiger charge is -2.16. The number of aromatic nitrogens is 2. The van der Waals surface area contributed by atoms with Crippen LogP contribution in [0.4, 0.5) is 9.93 Å². The average Bonchev–Trinajstić information content (AvgIpc) is 3.20. The monoisotopic (exact) mass is 369 g/mol. The van der Waals surface area contributed by atoms with Gasteiger partial charge in [0.15, 0.2) is 0 Å². The summed E-state index contributed by atoms with van der Waals surface area (Å²) in [4.78, 5) is 23.3. The molecule has 0 saturated carbocycles. The Kier molecular flexibility index (Phi) is 5.60. The molecule has 132 valence electrons. The molecule has 0 aromatic carbocycles. The zero-order chi connectivity index (χ0) is 17.1. The van der Waals surface area contributed by atoms with E-state index in [0.717, 1.165) is 30.0 Å². The van der Waals surface area contributed by atoms with Crippen molar-refractivity contribution < 1.29 is 9.59 Å². The lowest BCUT2D eigenvalue weighted by atomic mass is 10.0. The van der Waals surface area contributed by atoms with E-state index in [2.05, 4.69) is 40.0 Å². The van der Waals surface area contributed by atoms with Gasteiger partial charge in [0.2, 0.25) is 11.0 Å². The van der Waals surface area contributed by atoms with Crippen molar-refractivity contribution in [2.24, 2.45) is 0 Å². The van der Waals surface area contributed by atoms with Crippen molar-refractivity contribution in [3.63, 3.8) is 0 Å². The minimum Gasteiger partial charge on any atom is -0.332 e. The van der Waals surface area contributed by atoms with Crippen LogP contribution in [0.25, 0.3) is 0 Å². The van der Waals surface area contributed by atoms with Crippen LogP contribution in [0.15, 0.2) is 0 Å². The maximum atomic E-state index is 12.0. The fourth-order valence-corrected chi connectivity index (χ4v) is 5.28. The fraction of sp³-hybridized carbons (Fsp3) is 0.733. The smallest absolute Gasteiger partial charge is 0.315 e. The van der Waals surface area contributed by atoms with Crippen molar-refractivity contribution >= 4 is 40.2 Å². The van der Waals surface area contributed by atoms with E-state index >= 15 is 0 Å². The van der Waals surface area contributed by atoms with E-state index in [9.17, 15) is 9.59 Å². The number of urea groups is 1.